The first-order valence-corrected chi connectivity index (χ1v) is 9.35. The molecule has 1 N–H and O–H groups in total. The van der Waals surface area contributed by atoms with E-state index in [-0.39, 0.29) is 17.9 Å². The average molecular weight is 435 g/mol. The Morgan fingerprint density at radius 1 is 1.36 bits per heavy atom. The maximum Gasteiger partial charge on any atom is 0.319 e. The zero-order valence-electron chi connectivity index (χ0n) is 13.0. The van der Waals surface area contributed by atoms with E-state index >= 15 is 0 Å². The van der Waals surface area contributed by atoms with Crippen molar-refractivity contribution < 1.29 is 9.59 Å². The van der Waals surface area contributed by atoms with Crippen molar-refractivity contribution in [3.05, 3.63) is 19.9 Å². The van der Waals surface area contributed by atoms with Crippen LogP contribution in [0, 0.1) is 8.80 Å². The molecule has 1 aliphatic heterocycles. The molecule has 2 rings (SSSR count). The van der Waals surface area contributed by atoms with E-state index in [2.05, 4.69) is 40.0 Å². The van der Waals surface area contributed by atoms with Crippen molar-refractivity contribution >= 4 is 45.9 Å². The summed E-state index contributed by atoms with van der Waals surface area (Å²) in [6.45, 7) is 2.02. The minimum Gasteiger partial charge on any atom is -0.355 e. The molecule has 0 saturated carbocycles. The fourth-order valence-corrected chi connectivity index (χ4v) is 4.31. The Hall–Kier alpha value is -0.830. The Labute approximate surface area is 149 Å². The van der Waals surface area contributed by atoms with Crippen molar-refractivity contribution in [2.24, 2.45) is 5.92 Å². The zero-order chi connectivity index (χ0) is 16.1. The maximum absolute atomic E-state index is 12.2. The van der Waals surface area contributed by atoms with E-state index in [1.807, 2.05) is 4.90 Å². The van der Waals surface area contributed by atoms with Gasteiger partial charge in [0, 0.05) is 44.5 Å². The van der Waals surface area contributed by atoms with E-state index in [1.54, 1.807) is 30.3 Å². The van der Waals surface area contributed by atoms with Crippen molar-refractivity contribution in [1.29, 1.82) is 0 Å². The Balaban J connectivity index is 1.70. The van der Waals surface area contributed by atoms with Crippen molar-refractivity contribution in [2.75, 3.05) is 33.7 Å². The van der Waals surface area contributed by atoms with Crippen LogP contribution in [0.4, 0.5) is 4.79 Å². The third kappa shape index (κ3) is 4.84. The number of thiophene rings is 1. The number of piperidine rings is 1. The summed E-state index contributed by atoms with van der Waals surface area (Å²) in [7, 11) is 3.51. The van der Waals surface area contributed by atoms with Gasteiger partial charge in [-0.25, -0.2) is 4.79 Å². The Bertz CT molecular complexity index is 525. The van der Waals surface area contributed by atoms with Gasteiger partial charge in [-0.1, -0.05) is 0 Å². The number of hydrogen-bond donors (Lipinski definition) is 1. The highest BCUT2D eigenvalue weighted by Crippen LogP contribution is 2.19. The summed E-state index contributed by atoms with van der Waals surface area (Å²) in [5.41, 5.74) is 0. The number of rotatable bonds is 4. The van der Waals surface area contributed by atoms with Gasteiger partial charge >= 0.3 is 6.03 Å². The van der Waals surface area contributed by atoms with Crippen molar-refractivity contribution in [3.8, 4) is 0 Å². The molecule has 0 atom stereocenters. The zero-order valence-corrected chi connectivity index (χ0v) is 15.9. The number of halogens is 1. The van der Waals surface area contributed by atoms with Gasteiger partial charge in [0.05, 0.1) is 2.88 Å². The summed E-state index contributed by atoms with van der Waals surface area (Å²) in [5.74, 6) is 0.165. The number of nitrogens with one attached hydrogen (secondary N) is 1. The Kier molecular flexibility index (Phi) is 6.49. The minimum absolute atomic E-state index is 0.0335. The minimum atomic E-state index is 0.0335. The molecule has 1 saturated heterocycles. The van der Waals surface area contributed by atoms with Crippen LogP contribution < -0.4 is 5.32 Å². The average Bonchev–Trinajstić information content (AvgIpc) is 2.92. The highest BCUT2D eigenvalue weighted by atomic mass is 127. The standard InChI is InChI=1S/C15H22IN3O2S/c1-18(2)15(21)19-9-6-11(7-10-19)14(20)17-8-5-12-3-4-13(16)22-12/h3-4,11H,5-10H2,1-2H3,(H,17,20). The van der Waals surface area contributed by atoms with Crippen molar-refractivity contribution in [2.45, 2.75) is 19.3 Å². The smallest absolute Gasteiger partial charge is 0.319 e. The Morgan fingerprint density at radius 3 is 2.59 bits per heavy atom. The number of urea groups is 1. The number of nitrogens with zero attached hydrogens (tertiary/aromatic N) is 2. The number of carbonyl (C=O) groups excluding carboxylic acids is 2. The molecular weight excluding hydrogens is 413 g/mol. The molecule has 3 amide bonds. The molecule has 1 aromatic rings. The molecule has 0 bridgehead atoms. The summed E-state index contributed by atoms with van der Waals surface area (Å²) in [5, 5.41) is 3.03. The van der Waals surface area contributed by atoms with Crippen molar-refractivity contribution in [3.63, 3.8) is 0 Å². The monoisotopic (exact) mass is 435 g/mol. The molecule has 0 radical (unpaired) electrons. The molecule has 7 heteroatoms. The van der Waals surface area contributed by atoms with Crippen LogP contribution in [0.15, 0.2) is 12.1 Å². The van der Waals surface area contributed by atoms with Gasteiger partial charge in [0.25, 0.3) is 0 Å². The fraction of sp³-hybridized carbons (Fsp3) is 0.600. The van der Waals surface area contributed by atoms with E-state index in [0.717, 1.165) is 19.3 Å². The van der Waals surface area contributed by atoms with Crippen LogP contribution >= 0.6 is 33.9 Å². The van der Waals surface area contributed by atoms with E-state index in [9.17, 15) is 9.59 Å². The maximum atomic E-state index is 12.2. The highest BCUT2D eigenvalue weighted by molar-refractivity contribution is 14.1. The number of amides is 3. The molecule has 0 spiro atoms. The first kappa shape index (κ1) is 17.5. The molecule has 1 aromatic heterocycles. The normalized spacial score (nSPS) is 15.7. The number of likely N-dealkylation sites (tertiary alicyclic amines) is 1. The number of hydrogen-bond acceptors (Lipinski definition) is 3. The first-order chi connectivity index (χ1) is 10.5. The summed E-state index contributed by atoms with van der Waals surface area (Å²) < 4.78 is 1.27. The second kappa shape index (κ2) is 8.14. The summed E-state index contributed by atoms with van der Waals surface area (Å²) in [6.07, 6.45) is 2.39. The topological polar surface area (TPSA) is 52.7 Å². The predicted octanol–water partition coefficient (Wildman–Crippen LogP) is 2.41. The largest absolute Gasteiger partial charge is 0.355 e. The van der Waals surface area contributed by atoms with Crippen LogP contribution in [0.2, 0.25) is 0 Å². The van der Waals surface area contributed by atoms with Gasteiger partial charge < -0.3 is 15.1 Å². The summed E-state index contributed by atoms with van der Waals surface area (Å²) in [4.78, 5) is 28.7. The quantitative estimate of drug-likeness (QED) is 0.739. The molecule has 1 fully saturated rings. The van der Waals surface area contributed by atoms with E-state index < -0.39 is 0 Å². The molecule has 0 aliphatic carbocycles. The third-order valence-electron chi connectivity index (χ3n) is 3.82. The lowest BCUT2D eigenvalue weighted by Crippen LogP contribution is -2.46. The van der Waals surface area contributed by atoms with Gasteiger partial charge in [-0.05, 0) is 54.0 Å². The van der Waals surface area contributed by atoms with E-state index in [1.165, 1.54) is 7.76 Å². The Morgan fingerprint density at radius 2 is 2.05 bits per heavy atom. The van der Waals surface area contributed by atoms with E-state index in [4.69, 9.17) is 0 Å². The van der Waals surface area contributed by atoms with Crippen LogP contribution in [0.3, 0.4) is 0 Å². The summed E-state index contributed by atoms with van der Waals surface area (Å²) in [6, 6.07) is 4.25. The fourth-order valence-electron chi connectivity index (χ4n) is 2.56. The van der Waals surface area contributed by atoms with Crippen LogP contribution in [0.1, 0.15) is 17.7 Å². The summed E-state index contributed by atoms with van der Waals surface area (Å²) >= 11 is 4.08. The molecule has 22 heavy (non-hydrogen) atoms. The lowest BCUT2D eigenvalue weighted by Gasteiger charge is -2.33. The lowest BCUT2D eigenvalue weighted by atomic mass is 9.96. The second-order valence-electron chi connectivity index (χ2n) is 5.69. The molecule has 5 nitrogen and oxygen atoms in total. The number of carbonyl (C=O) groups is 2. The first-order valence-electron chi connectivity index (χ1n) is 7.45. The van der Waals surface area contributed by atoms with Crippen LogP contribution in [-0.4, -0.2) is 55.5 Å². The van der Waals surface area contributed by atoms with Crippen molar-refractivity contribution in [1.82, 2.24) is 15.1 Å². The molecule has 0 unspecified atom stereocenters. The van der Waals surface area contributed by atoms with Crippen LogP contribution in [0.5, 0.6) is 0 Å². The SMILES string of the molecule is CN(C)C(=O)N1CCC(C(=O)NCCc2ccc(I)s2)CC1. The van der Waals surface area contributed by atoms with Gasteiger partial charge in [0.2, 0.25) is 5.91 Å². The van der Waals surface area contributed by atoms with Gasteiger partial charge in [0.15, 0.2) is 0 Å². The van der Waals surface area contributed by atoms with Crippen LogP contribution in [-0.2, 0) is 11.2 Å². The molecular formula is C15H22IN3O2S. The molecule has 0 aromatic carbocycles. The van der Waals surface area contributed by atoms with Gasteiger partial charge in [-0.15, -0.1) is 11.3 Å². The van der Waals surface area contributed by atoms with Gasteiger partial charge in [0.1, 0.15) is 0 Å². The predicted molar refractivity (Wildman–Crippen MR) is 97.1 cm³/mol. The molecule has 1 aliphatic rings. The van der Waals surface area contributed by atoms with Gasteiger partial charge in [-0.2, -0.15) is 0 Å². The van der Waals surface area contributed by atoms with E-state index in [0.29, 0.717) is 19.6 Å². The molecule has 2 heterocycles. The second-order valence-corrected chi connectivity index (χ2v) is 8.75. The molecule has 122 valence electrons. The van der Waals surface area contributed by atoms with Gasteiger partial charge in [-0.3, -0.25) is 4.79 Å². The van der Waals surface area contributed by atoms with Crippen LogP contribution in [0.25, 0.3) is 0 Å². The lowest BCUT2D eigenvalue weighted by molar-refractivity contribution is -0.126. The highest BCUT2D eigenvalue weighted by Gasteiger charge is 2.27. The third-order valence-corrected chi connectivity index (χ3v) is 5.77.